The number of carbonyl (C=O) groups excluding carboxylic acids is 2. The third-order valence-electron chi connectivity index (χ3n) is 5.80. The highest BCUT2D eigenvalue weighted by molar-refractivity contribution is 5.99. The molecule has 1 aliphatic carbocycles. The quantitative estimate of drug-likeness (QED) is 0.837. The van der Waals surface area contributed by atoms with Crippen molar-refractivity contribution in [2.24, 2.45) is 4.99 Å². The molecule has 30 heavy (non-hydrogen) atoms. The molecule has 1 aromatic heterocycles. The van der Waals surface area contributed by atoms with Crippen molar-refractivity contribution in [2.75, 3.05) is 11.9 Å². The van der Waals surface area contributed by atoms with Gasteiger partial charge < -0.3 is 10.1 Å². The van der Waals surface area contributed by atoms with Gasteiger partial charge in [0.2, 0.25) is 0 Å². The number of carbonyl (C=O) groups is 2. The first-order valence-electron chi connectivity index (χ1n) is 10.9. The Morgan fingerprint density at radius 1 is 1.07 bits per heavy atom. The summed E-state index contributed by atoms with van der Waals surface area (Å²) in [5.74, 6) is -0.314. The number of rotatable bonds is 4. The van der Waals surface area contributed by atoms with E-state index in [1.807, 2.05) is 19.1 Å². The Labute approximate surface area is 177 Å². The van der Waals surface area contributed by atoms with E-state index in [1.165, 1.54) is 19.3 Å². The zero-order valence-corrected chi connectivity index (χ0v) is 17.5. The number of hydrogen-bond acceptors (Lipinski definition) is 4. The number of anilines is 1. The first-order chi connectivity index (χ1) is 14.6. The van der Waals surface area contributed by atoms with E-state index in [-0.39, 0.29) is 17.9 Å². The average molecular weight is 408 g/mol. The highest BCUT2D eigenvalue weighted by Crippen LogP contribution is 2.20. The minimum absolute atomic E-state index is 0.155. The lowest BCUT2D eigenvalue weighted by atomic mass is 9.96. The van der Waals surface area contributed by atoms with Gasteiger partial charge in [-0.1, -0.05) is 25.3 Å². The topological polar surface area (TPSA) is 72.7 Å². The largest absolute Gasteiger partial charge is 0.368 e. The van der Waals surface area contributed by atoms with Crippen LogP contribution in [-0.4, -0.2) is 35.1 Å². The third-order valence-corrected chi connectivity index (χ3v) is 5.80. The van der Waals surface area contributed by atoms with Crippen molar-refractivity contribution in [1.29, 1.82) is 0 Å². The summed E-state index contributed by atoms with van der Waals surface area (Å²) < 4.78 is 7.05. The fourth-order valence-corrected chi connectivity index (χ4v) is 4.13. The molecule has 1 amide bonds. The summed E-state index contributed by atoms with van der Waals surface area (Å²) in [6, 6.07) is 11.2. The van der Waals surface area contributed by atoms with Crippen molar-refractivity contribution in [3.63, 3.8) is 0 Å². The summed E-state index contributed by atoms with van der Waals surface area (Å²) >= 11 is 0. The Morgan fingerprint density at radius 2 is 1.90 bits per heavy atom. The number of nitrogens with zero attached hydrogens (tertiary/aromatic N) is 2. The van der Waals surface area contributed by atoms with E-state index in [1.54, 1.807) is 35.0 Å². The van der Waals surface area contributed by atoms with Gasteiger partial charge in [0.25, 0.3) is 11.8 Å². The molecule has 1 saturated heterocycles. The first-order valence-corrected chi connectivity index (χ1v) is 10.9. The predicted octanol–water partition coefficient (Wildman–Crippen LogP) is 3.84. The Bertz CT molecular complexity index is 983. The van der Waals surface area contributed by atoms with Gasteiger partial charge >= 0.3 is 0 Å². The first kappa shape index (κ1) is 20.5. The van der Waals surface area contributed by atoms with Crippen molar-refractivity contribution >= 4 is 17.5 Å². The van der Waals surface area contributed by atoms with E-state index in [0.29, 0.717) is 23.3 Å². The Balaban J connectivity index is 1.58. The van der Waals surface area contributed by atoms with Crippen LogP contribution in [0.1, 0.15) is 60.9 Å². The molecule has 6 nitrogen and oxygen atoms in total. The van der Waals surface area contributed by atoms with Gasteiger partial charge in [-0.25, -0.2) is 0 Å². The van der Waals surface area contributed by atoms with Gasteiger partial charge in [-0.15, -0.1) is 0 Å². The molecule has 158 valence electrons. The summed E-state index contributed by atoms with van der Waals surface area (Å²) in [4.78, 5) is 30.5. The van der Waals surface area contributed by atoms with Crippen LogP contribution < -0.4 is 10.8 Å². The maximum Gasteiger partial charge on any atom is 0.263 e. The van der Waals surface area contributed by atoms with Gasteiger partial charge in [0.1, 0.15) is 11.6 Å². The summed E-state index contributed by atoms with van der Waals surface area (Å²) in [6.45, 7) is 2.63. The number of ether oxygens (including phenoxy) is 1. The standard InChI is InChI=1S/C24H29N3O3/c1-17-12-13-27(22(15-17)25-19-8-3-2-4-9-19)24(29)18-7-5-10-20(16-18)26-23(28)21-11-6-14-30-21/h5,7,10,12-13,15-16,19,21H,2-4,6,8-9,11,14H2,1H3,(H,26,28)/t21-/m0/s1. The molecule has 1 aliphatic heterocycles. The second kappa shape index (κ2) is 9.39. The molecule has 0 bridgehead atoms. The smallest absolute Gasteiger partial charge is 0.263 e. The zero-order valence-electron chi connectivity index (χ0n) is 17.5. The van der Waals surface area contributed by atoms with Gasteiger partial charge in [0, 0.05) is 24.1 Å². The van der Waals surface area contributed by atoms with Crippen LogP contribution in [0.4, 0.5) is 5.69 Å². The minimum atomic E-state index is -0.406. The highest BCUT2D eigenvalue weighted by Gasteiger charge is 2.23. The number of benzene rings is 1. The SMILES string of the molecule is Cc1ccn(C(=O)c2cccc(NC(=O)[C@@H]3CCCO3)c2)c(=NC2CCCCC2)c1. The van der Waals surface area contributed by atoms with Crippen LogP contribution in [-0.2, 0) is 9.53 Å². The van der Waals surface area contributed by atoms with Gasteiger partial charge in [0.05, 0.1) is 6.04 Å². The third kappa shape index (κ3) is 4.87. The fourth-order valence-electron chi connectivity index (χ4n) is 4.13. The van der Waals surface area contributed by atoms with Crippen LogP contribution in [0.5, 0.6) is 0 Å². The average Bonchev–Trinajstić information content (AvgIpc) is 3.30. The molecule has 1 aromatic carbocycles. The molecule has 0 spiro atoms. The number of aromatic nitrogens is 1. The van der Waals surface area contributed by atoms with E-state index < -0.39 is 6.10 Å². The molecule has 2 aromatic rings. The summed E-state index contributed by atoms with van der Waals surface area (Å²) in [5.41, 5.74) is 2.88. The Kier molecular flexibility index (Phi) is 6.43. The van der Waals surface area contributed by atoms with Crippen molar-refractivity contribution in [3.8, 4) is 0 Å². The molecule has 0 radical (unpaired) electrons. The number of hydrogen-bond donors (Lipinski definition) is 1. The van der Waals surface area contributed by atoms with E-state index in [0.717, 1.165) is 31.2 Å². The van der Waals surface area contributed by atoms with Crippen molar-refractivity contribution in [3.05, 3.63) is 59.2 Å². The van der Waals surface area contributed by atoms with Crippen LogP contribution in [0.25, 0.3) is 0 Å². The van der Waals surface area contributed by atoms with E-state index >= 15 is 0 Å². The Hall–Kier alpha value is -2.73. The van der Waals surface area contributed by atoms with E-state index in [9.17, 15) is 9.59 Å². The van der Waals surface area contributed by atoms with Crippen LogP contribution >= 0.6 is 0 Å². The molecular formula is C24H29N3O3. The lowest BCUT2D eigenvalue weighted by Crippen LogP contribution is -2.30. The van der Waals surface area contributed by atoms with Gasteiger partial charge in [-0.05, 0) is 68.5 Å². The molecule has 4 rings (SSSR count). The molecule has 1 atom stereocenters. The molecule has 2 aliphatic rings. The van der Waals surface area contributed by atoms with E-state index in [4.69, 9.17) is 9.73 Å². The number of nitrogens with one attached hydrogen (secondary N) is 1. The second-order valence-electron chi connectivity index (χ2n) is 8.23. The minimum Gasteiger partial charge on any atom is -0.368 e. The number of amides is 1. The lowest BCUT2D eigenvalue weighted by Gasteiger charge is -2.18. The fraction of sp³-hybridized carbons (Fsp3) is 0.458. The molecule has 1 N–H and O–H groups in total. The number of pyridine rings is 1. The van der Waals surface area contributed by atoms with Crippen LogP contribution in [0, 0.1) is 6.92 Å². The summed E-state index contributed by atoms with van der Waals surface area (Å²) in [5, 5.41) is 2.87. The normalized spacial score (nSPS) is 20.3. The molecule has 6 heteroatoms. The molecule has 0 unspecified atom stereocenters. The molecule has 1 saturated carbocycles. The maximum absolute atomic E-state index is 13.3. The Morgan fingerprint density at radius 3 is 2.67 bits per heavy atom. The molecule has 2 fully saturated rings. The van der Waals surface area contributed by atoms with Gasteiger partial charge in [0.15, 0.2) is 0 Å². The zero-order chi connectivity index (χ0) is 20.9. The number of aryl methyl sites for hydroxylation is 1. The second-order valence-corrected chi connectivity index (χ2v) is 8.23. The van der Waals surface area contributed by atoms with Gasteiger partial charge in [-0.3, -0.25) is 19.1 Å². The highest BCUT2D eigenvalue weighted by atomic mass is 16.5. The van der Waals surface area contributed by atoms with Crippen molar-refractivity contribution in [1.82, 2.24) is 4.57 Å². The van der Waals surface area contributed by atoms with E-state index in [2.05, 4.69) is 5.32 Å². The molecular weight excluding hydrogens is 378 g/mol. The van der Waals surface area contributed by atoms with Crippen LogP contribution in [0.2, 0.25) is 0 Å². The van der Waals surface area contributed by atoms with Gasteiger partial charge in [-0.2, -0.15) is 0 Å². The van der Waals surface area contributed by atoms with Crippen LogP contribution in [0.3, 0.4) is 0 Å². The maximum atomic E-state index is 13.3. The monoisotopic (exact) mass is 407 g/mol. The predicted molar refractivity (Wildman–Crippen MR) is 115 cm³/mol. The summed E-state index contributed by atoms with van der Waals surface area (Å²) in [6.07, 6.45) is 8.82. The van der Waals surface area contributed by atoms with Crippen molar-refractivity contribution < 1.29 is 14.3 Å². The van der Waals surface area contributed by atoms with Crippen LogP contribution in [0.15, 0.2) is 47.6 Å². The lowest BCUT2D eigenvalue weighted by molar-refractivity contribution is -0.124. The summed E-state index contributed by atoms with van der Waals surface area (Å²) in [7, 11) is 0. The van der Waals surface area contributed by atoms with Crippen molar-refractivity contribution in [2.45, 2.75) is 64.0 Å². The molecule has 2 heterocycles.